The molecular weight excluding hydrogens is 200 g/mol. The highest BCUT2D eigenvalue weighted by molar-refractivity contribution is 5.36. The molecule has 1 rings (SSSR count). The molecule has 1 aromatic heterocycles. The first kappa shape index (κ1) is 11.8. The molecule has 84 valence electrons. The first-order valence-corrected chi connectivity index (χ1v) is 4.95. The lowest BCUT2D eigenvalue weighted by Gasteiger charge is -2.16. The van der Waals surface area contributed by atoms with E-state index in [1.165, 1.54) is 0 Å². The Labute approximate surface area is 87.7 Å². The van der Waals surface area contributed by atoms with Gasteiger partial charge in [0.05, 0.1) is 6.20 Å². The standard InChI is InChI=1S/C10H15F2N3/c1-2-8(3-4-13)15-10-9(12)5-7(11)6-14-10/h5-6,8H,2-4,13H2,1H3,(H,14,15). The number of hydrogen-bond donors (Lipinski definition) is 2. The molecular formula is C10H15F2N3. The first-order valence-electron chi connectivity index (χ1n) is 4.95. The summed E-state index contributed by atoms with van der Waals surface area (Å²) in [6, 6.07) is 0.882. The maximum Gasteiger partial charge on any atom is 0.168 e. The van der Waals surface area contributed by atoms with Crippen molar-refractivity contribution in [3.63, 3.8) is 0 Å². The zero-order valence-electron chi connectivity index (χ0n) is 8.63. The third-order valence-electron chi connectivity index (χ3n) is 2.16. The minimum Gasteiger partial charge on any atom is -0.365 e. The van der Waals surface area contributed by atoms with Gasteiger partial charge in [0.1, 0.15) is 5.82 Å². The van der Waals surface area contributed by atoms with Crippen molar-refractivity contribution in [2.24, 2.45) is 5.73 Å². The molecule has 1 unspecified atom stereocenters. The highest BCUT2D eigenvalue weighted by atomic mass is 19.1. The van der Waals surface area contributed by atoms with Crippen LogP contribution >= 0.6 is 0 Å². The van der Waals surface area contributed by atoms with Crippen molar-refractivity contribution in [3.8, 4) is 0 Å². The van der Waals surface area contributed by atoms with Gasteiger partial charge in [-0.2, -0.15) is 0 Å². The Morgan fingerprint density at radius 1 is 1.53 bits per heavy atom. The van der Waals surface area contributed by atoms with Crippen LogP contribution in [-0.2, 0) is 0 Å². The molecule has 0 spiro atoms. The number of rotatable bonds is 5. The van der Waals surface area contributed by atoms with Gasteiger partial charge in [0.25, 0.3) is 0 Å². The molecule has 0 amide bonds. The second-order valence-corrected chi connectivity index (χ2v) is 3.31. The molecule has 0 aromatic carbocycles. The van der Waals surface area contributed by atoms with Crippen molar-refractivity contribution in [3.05, 3.63) is 23.9 Å². The quantitative estimate of drug-likeness (QED) is 0.788. The van der Waals surface area contributed by atoms with E-state index in [9.17, 15) is 8.78 Å². The number of nitrogens with two attached hydrogens (primary N) is 1. The summed E-state index contributed by atoms with van der Waals surface area (Å²) >= 11 is 0. The summed E-state index contributed by atoms with van der Waals surface area (Å²) in [4.78, 5) is 3.65. The fourth-order valence-corrected chi connectivity index (χ4v) is 1.29. The van der Waals surface area contributed by atoms with Crippen LogP contribution in [0.15, 0.2) is 12.3 Å². The van der Waals surface area contributed by atoms with Crippen LogP contribution < -0.4 is 11.1 Å². The van der Waals surface area contributed by atoms with Gasteiger partial charge in [0.2, 0.25) is 0 Å². The Bertz CT molecular complexity index is 318. The monoisotopic (exact) mass is 215 g/mol. The van der Waals surface area contributed by atoms with Gasteiger partial charge in [-0.15, -0.1) is 0 Å². The fraction of sp³-hybridized carbons (Fsp3) is 0.500. The maximum atomic E-state index is 13.2. The lowest BCUT2D eigenvalue weighted by Crippen LogP contribution is -2.23. The summed E-state index contributed by atoms with van der Waals surface area (Å²) in [5, 5.41) is 2.89. The molecule has 1 atom stereocenters. The maximum absolute atomic E-state index is 13.2. The largest absolute Gasteiger partial charge is 0.365 e. The van der Waals surface area contributed by atoms with E-state index in [4.69, 9.17) is 5.73 Å². The summed E-state index contributed by atoms with van der Waals surface area (Å²) in [6.07, 6.45) is 2.53. The molecule has 0 bridgehead atoms. The molecule has 1 heterocycles. The highest BCUT2D eigenvalue weighted by Crippen LogP contribution is 2.14. The van der Waals surface area contributed by atoms with E-state index >= 15 is 0 Å². The number of halogens is 2. The van der Waals surface area contributed by atoms with Crippen molar-refractivity contribution in [2.75, 3.05) is 11.9 Å². The van der Waals surface area contributed by atoms with E-state index in [0.29, 0.717) is 6.54 Å². The second-order valence-electron chi connectivity index (χ2n) is 3.31. The number of aromatic nitrogens is 1. The Balaban J connectivity index is 2.70. The van der Waals surface area contributed by atoms with E-state index in [1.54, 1.807) is 0 Å². The normalized spacial score (nSPS) is 12.5. The van der Waals surface area contributed by atoms with Crippen molar-refractivity contribution in [1.29, 1.82) is 0 Å². The SMILES string of the molecule is CCC(CCN)Nc1ncc(F)cc1F. The molecule has 0 radical (unpaired) electrons. The highest BCUT2D eigenvalue weighted by Gasteiger charge is 2.10. The van der Waals surface area contributed by atoms with E-state index in [-0.39, 0.29) is 11.9 Å². The van der Waals surface area contributed by atoms with Crippen molar-refractivity contribution >= 4 is 5.82 Å². The Morgan fingerprint density at radius 3 is 2.80 bits per heavy atom. The molecule has 0 saturated heterocycles. The number of pyridine rings is 1. The van der Waals surface area contributed by atoms with Gasteiger partial charge < -0.3 is 11.1 Å². The fourth-order valence-electron chi connectivity index (χ4n) is 1.29. The van der Waals surface area contributed by atoms with Gasteiger partial charge >= 0.3 is 0 Å². The van der Waals surface area contributed by atoms with Crippen LogP contribution in [-0.4, -0.2) is 17.6 Å². The van der Waals surface area contributed by atoms with Crippen LogP contribution in [0.1, 0.15) is 19.8 Å². The Hall–Kier alpha value is -1.23. The zero-order valence-corrected chi connectivity index (χ0v) is 8.63. The minimum atomic E-state index is -0.676. The molecule has 0 saturated carbocycles. The number of nitrogens with one attached hydrogen (secondary N) is 1. The minimum absolute atomic E-state index is 0.0717. The van der Waals surface area contributed by atoms with Gasteiger partial charge in [-0.25, -0.2) is 13.8 Å². The average molecular weight is 215 g/mol. The van der Waals surface area contributed by atoms with Crippen molar-refractivity contribution in [1.82, 2.24) is 4.98 Å². The summed E-state index contributed by atoms with van der Waals surface area (Å²) in [5.41, 5.74) is 5.41. The summed E-state index contributed by atoms with van der Waals surface area (Å²) in [5.74, 6) is -1.27. The number of anilines is 1. The Morgan fingerprint density at radius 2 is 2.27 bits per heavy atom. The number of nitrogens with zero attached hydrogens (tertiary/aromatic N) is 1. The van der Waals surface area contributed by atoms with E-state index < -0.39 is 11.6 Å². The lowest BCUT2D eigenvalue weighted by atomic mass is 10.1. The Kier molecular flexibility index (Phi) is 4.42. The first-order chi connectivity index (χ1) is 7.17. The van der Waals surface area contributed by atoms with Crippen LogP contribution in [0.3, 0.4) is 0 Å². The van der Waals surface area contributed by atoms with Crippen LogP contribution in [0, 0.1) is 11.6 Å². The van der Waals surface area contributed by atoms with Crippen LogP contribution in [0.2, 0.25) is 0 Å². The molecule has 0 aliphatic carbocycles. The molecule has 1 aromatic rings. The van der Waals surface area contributed by atoms with Crippen LogP contribution in [0.5, 0.6) is 0 Å². The molecule has 3 nitrogen and oxygen atoms in total. The third kappa shape index (κ3) is 3.43. The number of hydrogen-bond acceptors (Lipinski definition) is 3. The molecule has 0 aliphatic rings. The summed E-state index contributed by atoms with van der Waals surface area (Å²) < 4.78 is 25.8. The predicted molar refractivity (Wildman–Crippen MR) is 55.5 cm³/mol. The second kappa shape index (κ2) is 5.60. The molecule has 5 heteroatoms. The van der Waals surface area contributed by atoms with Gasteiger partial charge in [0, 0.05) is 12.1 Å². The summed E-state index contributed by atoms with van der Waals surface area (Å²) in [6.45, 7) is 2.49. The van der Waals surface area contributed by atoms with Crippen molar-refractivity contribution in [2.45, 2.75) is 25.8 Å². The van der Waals surface area contributed by atoms with Gasteiger partial charge in [-0.3, -0.25) is 0 Å². The van der Waals surface area contributed by atoms with Crippen LogP contribution in [0.4, 0.5) is 14.6 Å². The zero-order chi connectivity index (χ0) is 11.3. The predicted octanol–water partition coefficient (Wildman–Crippen LogP) is 1.90. The van der Waals surface area contributed by atoms with Crippen LogP contribution in [0.25, 0.3) is 0 Å². The van der Waals surface area contributed by atoms with Gasteiger partial charge in [0.15, 0.2) is 11.6 Å². The smallest absolute Gasteiger partial charge is 0.168 e. The summed E-state index contributed by atoms with van der Waals surface area (Å²) in [7, 11) is 0. The molecule has 0 aliphatic heterocycles. The topological polar surface area (TPSA) is 50.9 Å². The molecule has 3 N–H and O–H groups in total. The van der Waals surface area contributed by atoms with E-state index in [0.717, 1.165) is 25.1 Å². The van der Waals surface area contributed by atoms with Gasteiger partial charge in [-0.05, 0) is 19.4 Å². The van der Waals surface area contributed by atoms with Gasteiger partial charge in [-0.1, -0.05) is 6.92 Å². The van der Waals surface area contributed by atoms with Crippen molar-refractivity contribution < 1.29 is 8.78 Å². The van der Waals surface area contributed by atoms with E-state index in [1.807, 2.05) is 6.92 Å². The van der Waals surface area contributed by atoms with E-state index in [2.05, 4.69) is 10.3 Å². The third-order valence-corrected chi connectivity index (χ3v) is 2.16. The molecule has 15 heavy (non-hydrogen) atoms. The lowest BCUT2D eigenvalue weighted by molar-refractivity contribution is 0.567. The molecule has 0 fully saturated rings. The average Bonchev–Trinajstić information content (AvgIpc) is 2.21.